The highest BCUT2D eigenvalue weighted by molar-refractivity contribution is 5.92. The fourth-order valence-electron chi connectivity index (χ4n) is 2.62. The van der Waals surface area contributed by atoms with Crippen molar-refractivity contribution >= 4 is 16.5 Å². The molecule has 21 heavy (non-hydrogen) atoms. The summed E-state index contributed by atoms with van der Waals surface area (Å²) in [6.45, 7) is 13.9. The Bertz CT molecular complexity index is 637. The molecule has 0 aromatic heterocycles. The minimum Gasteiger partial charge on any atom is -0.684 e. The van der Waals surface area contributed by atoms with Gasteiger partial charge in [-0.05, 0) is 23.3 Å². The highest BCUT2D eigenvalue weighted by Gasteiger charge is 2.24. The highest BCUT2D eigenvalue weighted by Crippen LogP contribution is 2.42. The van der Waals surface area contributed by atoms with Gasteiger partial charge in [0.05, 0.1) is 0 Å². The highest BCUT2D eigenvalue weighted by atomic mass is 14.9. The lowest BCUT2D eigenvalue weighted by molar-refractivity contribution is 0.634. The molecule has 0 radical (unpaired) electrons. The van der Waals surface area contributed by atoms with Crippen molar-refractivity contribution in [3.63, 3.8) is 0 Å². The van der Waals surface area contributed by atoms with E-state index in [1.165, 1.54) is 28.3 Å². The maximum atomic E-state index is 4.85. The molecule has 0 saturated heterocycles. The molecule has 0 N–H and O–H groups in total. The van der Waals surface area contributed by atoms with Gasteiger partial charge in [-0.3, -0.25) is 0 Å². The van der Waals surface area contributed by atoms with E-state index in [0.29, 0.717) is 0 Å². The van der Waals surface area contributed by atoms with Gasteiger partial charge in [-0.1, -0.05) is 82.2 Å². The lowest BCUT2D eigenvalue weighted by Crippen LogP contribution is -2.19. The van der Waals surface area contributed by atoms with Crippen LogP contribution >= 0.6 is 0 Å². The van der Waals surface area contributed by atoms with Gasteiger partial charge in [0.2, 0.25) is 0 Å². The van der Waals surface area contributed by atoms with E-state index in [0.717, 1.165) is 18.7 Å². The molecule has 0 aliphatic rings. The van der Waals surface area contributed by atoms with Crippen LogP contribution in [0.2, 0.25) is 0 Å². The van der Waals surface area contributed by atoms with Crippen LogP contribution in [-0.2, 0) is 5.41 Å². The third-order valence-corrected chi connectivity index (χ3v) is 4.39. The molecule has 1 nitrogen and oxygen atoms in total. The van der Waals surface area contributed by atoms with Crippen molar-refractivity contribution in [2.45, 2.75) is 46.0 Å². The first-order valence-corrected chi connectivity index (χ1v) is 7.84. The second-order valence-corrected chi connectivity index (χ2v) is 6.32. The molecule has 0 unspecified atom stereocenters. The number of allylic oxidation sites excluding steroid dienone is 1. The van der Waals surface area contributed by atoms with Crippen LogP contribution in [0.1, 0.15) is 46.1 Å². The van der Waals surface area contributed by atoms with Crippen LogP contribution < -0.4 is 0 Å². The lowest BCUT2D eigenvalue weighted by atomic mass is 9.76. The van der Waals surface area contributed by atoms with Crippen LogP contribution in [0.15, 0.2) is 48.6 Å². The van der Waals surface area contributed by atoms with Crippen molar-refractivity contribution in [3.8, 4) is 0 Å². The Balaban J connectivity index is 2.60. The van der Waals surface area contributed by atoms with Crippen LogP contribution in [0.5, 0.6) is 0 Å². The van der Waals surface area contributed by atoms with Crippen molar-refractivity contribution < 1.29 is 0 Å². The van der Waals surface area contributed by atoms with E-state index in [-0.39, 0.29) is 5.41 Å². The second kappa shape index (κ2) is 6.34. The van der Waals surface area contributed by atoms with Gasteiger partial charge in [0.1, 0.15) is 0 Å². The smallest absolute Gasteiger partial charge is 0.00936 e. The van der Waals surface area contributed by atoms with Gasteiger partial charge in [-0.2, -0.15) is 0 Å². The summed E-state index contributed by atoms with van der Waals surface area (Å²) in [7, 11) is 0. The Kier molecular flexibility index (Phi) is 4.72. The summed E-state index contributed by atoms with van der Waals surface area (Å²) in [5.74, 6) is 0. The maximum Gasteiger partial charge on any atom is 0.00936 e. The van der Waals surface area contributed by atoms with Crippen LogP contribution in [0.4, 0.5) is 5.69 Å². The fraction of sp³-hybridized carbons (Fsp3) is 0.400. The van der Waals surface area contributed by atoms with Gasteiger partial charge in [0, 0.05) is 5.41 Å². The molecule has 0 heterocycles. The molecule has 0 bridgehead atoms. The van der Waals surface area contributed by atoms with Gasteiger partial charge < -0.3 is 5.32 Å². The third-order valence-electron chi connectivity index (χ3n) is 4.39. The largest absolute Gasteiger partial charge is 0.684 e. The topological polar surface area (TPSA) is 14.1 Å². The van der Waals surface area contributed by atoms with Crippen LogP contribution in [0, 0.1) is 0 Å². The molecule has 1 heteroatoms. The molecule has 0 aliphatic carbocycles. The van der Waals surface area contributed by atoms with E-state index in [1.807, 2.05) is 0 Å². The summed E-state index contributed by atoms with van der Waals surface area (Å²) in [6.07, 6.45) is 2.32. The number of hydrogen-bond donors (Lipinski definition) is 0. The molecule has 112 valence electrons. The number of hydrogen-bond acceptors (Lipinski definition) is 0. The van der Waals surface area contributed by atoms with Gasteiger partial charge in [-0.15, -0.1) is 12.2 Å². The van der Waals surface area contributed by atoms with E-state index < -0.39 is 0 Å². The lowest BCUT2D eigenvalue weighted by Gasteiger charge is -2.36. The second-order valence-electron chi connectivity index (χ2n) is 6.32. The predicted molar refractivity (Wildman–Crippen MR) is 94.6 cm³/mol. The first kappa shape index (κ1) is 15.6. The standard InChI is InChI=1S/C20H26N/c1-6-7-14-21-18-13-12-16-10-8-9-11-17(16)19(18)20(4,5)15(2)3/h8-13H,2,6-7,14H2,1,3-5H3/q-1. The van der Waals surface area contributed by atoms with Crippen LogP contribution in [-0.4, -0.2) is 6.54 Å². The van der Waals surface area contributed by atoms with Crippen LogP contribution in [0.25, 0.3) is 16.1 Å². The van der Waals surface area contributed by atoms with Crippen molar-refractivity contribution in [2.75, 3.05) is 6.54 Å². The van der Waals surface area contributed by atoms with Gasteiger partial charge >= 0.3 is 0 Å². The molecule has 0 amide bonds. The Morgan fingerprint density at radius 3 is 2.52 bits per heavy atom. The summed E-state index contributed by atoms with van der Waals surface area (Å²) in [5, 5.41) is 7.42. The predicted octanol–water partition coefficient (Wildman–Crippen LogP) is 6.50. The summed E-state index contributed by atoms with van der Waals surface area (Å²) >= 11 is 0. The minimum atomic E-state index is -0.0775. The number of rotatable bonds is 6. The molecule has 2 aromatic rings. The molecule has 0 saturated carbocycles. The van der Waals surface area contributed by atoms with E-state index >= 15 is 0 Å². The zero-order valence-corrected chi connectivity index (χ0v) is 13.7. The summed E-state index contributed by atoms with van der Waals surface area (Å²) in [4.78, 5) is 0. The number of nitrogens with zero attached hydrogens (tertiary/aromatic N) is 1. The van der Waals surface area contributed by atoms with Crippen molar-refractivity contribution in [1.82, 2.24) is 0 Å². The molecule has 0 fully saturated rings. The monoisotopic (exact) mass is 280 g/mol. The molecule has 2 aromatic carbocycles. The average molecular weight is 280 g/mol. The van der Waals surface area contributed by atoms with Gasteiger partial charge in [0.25, 0.3) is 0 Å². The molecule has 0 atom stereocenters. The minimum absolute atomic E-state index is 0.0775. The number of benzene rings is 2. The number of fused-ring (bicyclic) bond motifs is 1. The Morgan fingerprint density at radius 2 is 1.86 bits per heavy atom. The van der Waals surface area contributed by atoms with Gasteiger partial charge in [0.15, 0.2) is 0 Å². The van der Waals surface area contributed by atoms with Crippen molar-refractivity contribution in [1.29, 1.82) is 0 Å². The van der Waals surface area contributed by atoms with E-state index in [1.54, 1.807) is 0 Å². The molecule has 0 spiro atoms. The van der Waals surface area contributed by atoms with E-state index in [9.17, 15) is 0 Å². The summed E-state index contributed by atoms with van der Waals surface area (Å²) < 4.78 is 0. The van der Waals surface area contributed by atoms with Crippen molar-refractivity contribution in [3.05, 3.63) is 59.4 Å². The summed E-state index contributed by atoms with van der Waals surface area (Å²) in [5.41, 5.74) is 3.52. The summed E-state index contributed by atoms with van der Waals surface area (Å²) in [6, 6.07) is 12.9. The average Bonchev–Trinajstić information content (AvgIpc) is 2.46. The zero-order chi connectivity index (χ0) is 15.5. The normalized spacial score (nSPS) is 11.6. The maximum absolute atomic E-state index is 4.85. The van der Waals surface area contributed by atoms with E-state index in [2.05, 4.69) is 70.7 Å². The van der Waals surface area contributed by atoms with E-state index in [4.69, 9.17) is 5.32 Å². The Hall–Kier alpha value is -1.76. The quantitative estimate of drug-likeness (QED) is 0.423. The van der Waals surface area contributed by atoms with Crippen LogP contribution in [0.3, 0.4) is 0 Å². The zero-order valence-electron chi connectivity index (χ0n) is 13.7. The number of unbranched alkanes of at least 4 members (excludes halogenated alkanes) is 1. The molecule has 2 rings (SSSR count). The first-order chi connectivity index (χ1) is 9.98. The molecular formula is C20H26N-. The first-order valence-electron chi connectivity index (χ1n) is 7.84. The van der Waals surface area contributed by atoms with Crippen molar-refractivity contribution in [2.24, 2.45) is 0 Å². The van der Waals surface area contributed by atoms with Gasteiger partial charge in [-0.25, -0.2) is 0 Å². The molecule has 0 aliphatic heterocycles. The Labute approximate surface area is 129 Å². The SMILES string of the molecule is C=C(C)C(C)(C)c1c([N-]CCCC)ccc2ccccc12. The fourth-order valence-corrected chi connectivity index (χ4v) is 2.62. The Morgan fingerprint density at radius 1 is 1.14 bits per heavy atom. The third kappa shape index (κ3) is 3.12. The molecular weight excluding hydrogens is 254 g/mol.